The van der Waals surface area contributed by atoms with E-state index in [9.17, 15) is 0 Å². The Morgan fingerprint density at radius 3 is 2.50 bits per heavy atom. The van der Waals surface area contributed by atoms with Gasteiger partial charge in [-0.15, -0.1) is 0 Å². The minimum atomic E-state index is 0.802. The molecular weight excluding hydrogens is 268 g/mol. The van der Waals surface area contributed by atoms with Gasteiger partial charge >= 0.3 is 0 Å². The molecule has 2 aromatic carbocycles. The largest absolute Gasteiger partial charge is 0.236 e. The highest BCUT2D eigenvalue weighted by atomic mass is 14.9. The molecule has 112 valence electrons. The van der Waals surface area contributed by atoms with E-state index in [-0.39, 0.29) is 0 Å². The summed E-state index contributed by atoms with van der Waals surface area (Å²) in [6, 6.07) is 16.8. The molecular formula is C20H22N2. The van der Waals surface area contributed by atoms with Crippen LogP contribution in [0.5, 0.6) is 0 Å². The lowest BCUT2D eigenvalue weighted by atomic mass is 10.0. The highest BCUT2D eigenvalue weighted by molar-refractivity contribution is 5.79. The summed E-state index contributed by atoms with van der Waals surface area (Å²) >= 11 is 0. The Morgan fingerprint density at radius 1 is 0.864 bits per heavy atom. The van der Waals surface area contributed by atoms with Crippen LogP contribution in [0.1, 0.15) is 38.2 Å². The molecule has 1 aromatic heterocycles. The number of nitrogens with zero attached hydrogens (tertiary/aromatic N) is 2. The van der Waals surface area contributed by atoms with Gasteiger partial charge in [0.25, 0.3) is 0 Å². The molecule has 0 N–H and O–H groups in total. The van der Waals surface area contributed by atoms with Crippen LogP contribution in [-0.4, -0.2) is 9.97 Å². The minimum Gasteiger partial charge on any atom is -0.236 e. The van der Waals surface area contributed by atoms with Crippen LogP contribution >= 0.6 is 0 Å². The molecule has 22 heavy (non-hydrogen) atoms. The van der Waals surface area contributed by atoms with Crippen molar-refractivity contribution >= 4 is 10.9 Å². The number of aryl methyl sites for hydroxylation is 1. The van der Waals surface area contributed by atoms with Crippen LogP contribution < -0.4 is 0 Å². The second-order valence-corrected chi connectivity index (χ2v) is 5.76. The highest BCUT2D eigenvalue weighted by Crippen LogP contribution is 2.19. The first-order valence-electron chi connectivity index (χ1n) is 8.18. The SMILES string of the molecule is CCCCCCc1ccc(-c2ncc3ccccc3n2)cc1. The van der Waals surface area contributed by atoms with Crippen molar-refractivity contribution in [2.24, 2.45) is 0 Å². The maximum absolute atomic E-state index is 4.65. The average molecular weight is 290 g/mol. The average Bonchev–Trinajstić information content (AvgIpc) is 2.59. The summed E-state index contributed by atoms with van der Waals surface area (Å²) < 4.78 is 0. The molecule has 0 aliphatic rings. The van der Waals surface area contributed by atoms with E-state index >= 15 is 0 Å². The number of unbranched alkanes of at least 4 members (excludes halogenated alkanes) is 3. The molecule has 0 aliphatic heterocycles. The normalized spacial score (nSPS) is 11.0. The van der Waals surface area contributed by atoms with Crippen molar-refractivity contribution < 1.29 is 0 Å². The van der Waals surface area contributed by atoms with E-state index in [2.05, 4.69) is 41.2 Å². The third kappa shape index (κ3) is 3.51. The van der Waals surface area contributed by atoms with E-state index in [1.54, 1.807) is 0 Å². The lowest BCUT2D eigenvalue weighted by molar-refractivity contribution is 0.667. The first kappa shape index (κ1) is 14.7. The van der Waals surface area contributed by atoms with Gasteiger partial charge in [-0.1, -0.05) is 68.7 Å². The zero-order valence-corrected chi connectivity index (χ0v) is 13.1. The second kappa shape index (κ2) is 7.17. The van der Waals surface area contributed by atoms with E-state index in [4.69, 9.17) is 0 Å². The summed E-state index contributed by atoms with van der Waals surface area (Å²) in [4.78, 5) is 9.13. The van der Waals surface area contributed by atoms with Gasteiger partial charge in [0.15, 0.2) is 5.82 Å². The van der Waals surface area contributed by atoms with Gasteiger partial charge in [0.2, 0.25) is 0 Å². The molecule has 0 spiro atoms. The van der Waals surface area contributed by atoms with E-state index < -0.39 is 0 Å². The number of aromatic nitrogens is 2. The molecule has 1 heterocycles. The second-order valence-electron chi connectivity index (χ2n) is 5.76. The number of benzene rings is 2. The monoisotopic (exact) mass is 290 g/mol. The number of para-hydroxylation sites is 1. The van der Waals surface area contributed by atoms with E-state index in [1.807, 2.05) is 30.5 Å². The van der Waals surface area contributed by atoms with Gasteiger partial charge in [-0.05, 0) is 24.5 Å². The Hall–Kier alpha value is -2.22. The fourth-order valence-corrected chi connectivity index (χ4v) is 2.69. The van der Waals surface area contributed by atoms with Crippen molar-refractivity contribution in [2.75, 3.05) is 0 Å². The number of hydrogen-bond donors (Lipinski definition) is 0. The summed E-state index contributed by atoms with van der Waals surface area (Å²) in [6.07, 6.45) is 8.29. The van der Waals surface area contributed by atoms with Crippen molar-refractivity contribution in [1.29, 1.82) is 0 Å². The molecule has 0 saturated carbocycles. The minimum absolute atomic E-state index is 0.802. The van der Waals surface area contributed by atoms with Crippen molar-refractivity contribution in [2.45, 2.75) is 39.0 Å². The van der Waals surface area contributed by atoms with Gasteiger partial charge in [0.05, 0.1) is 5.52 Å². The molecule has 0 bridgehead atoms. The molecule has 0 atom stereocenters. The summed E-state index contributed by atoms with van der Waals surface area (Å²) in [5.74, 6) is 0.802. The quantitative estimate of drug-likeness (QED) is 0.566. The fraction of sp³-hybridized carbons (Fsp3) is 0.300. The molecule has 0 unspecified atom stereocenters. The lowest BCUT2D eigenvalue weighted by Crippen LogP contribution is -1.91. The first-order valence-corrected chi connectivity index (χ1v) is 8.18. The third-order valence-electron chi connectivity index (χ3n) is 4.02. The van der Waals surface area contributed by atoms with Crippen LogP contribution in [-0.2, 0) is 6.42 Å². The number of hydrogen-bond acceptors (Lipinski definition) is 2. The van der Waals surface area contributed by atoms with E-state index in [1.165, 1.54) is 37.7 Å². The topological polar surface area (TPSA) is 25.8 Å². The number of rotatable bonds is 6. The van der Waals surface area contributed by atoms with Gasteiger partial charge < -0.3 is 0 Å². The maximum Gasteiger partial charge on any atom is 0.159 e. The van der Waals surface area contributed by atoms with Crippen molar-refractivity contribution in [3.8, 4) is 11.4 Å². The molecule has 2 heteroatoms. The smallest absolute Gasteiger partial charge is 0.159 e. The Morgan fingerprint density at radius 2 is 1.68 bits per heavy atom. The Kier molecular flexibility index (Phi) is 4.79. The molecule has 0 amide bonds. The summed E-state index contributed by atoms with van der Waals surface area (Å²) in [6.45, 7) is 2.25. The van der Waals surface area contributed by atoms with E-state index in [0.717, 1.165) is 22.3 Å². The number of fused-ring (bicyclic) bond motifs is 1. The summed E-state index contributed by atoms with van der Waals surface area (Å²) in [5.41, 5.74) is 3.49. The van der Waals surface area contributed by atoms with Crippen LogP contribution in [0.3, 0.4) is 0 Å². The zero-order valence-electron chi connectivity index (χ0n) is 13.1. The lowest BCUT2D eigenvalue weighted by Gasteiger charge is -2.05. The summed E-state index contributed by atoms with van der Waals surface area (Å²) in [5, 5.41) is 1.08. The van der Waals surface area contributed by atoms with Crippen molar-refractivity contribution in [3.63, 3.8) is 0 Å². The van der Waals surface area contributed by atoms with Crippen LogP contribution in [0.2, 0.25) is 0 Å². The standard InChI is InChI=1S/C20H22N2/c1-2-3-4-5-8-16-11-13-17(14-12-16)20-21-15-18-9-6-7-10-19(18)22-20/h6-7,9-15H,2-5,8H2,1H3. The molecule has 0 saturated heterocycles. The molecule has 2 nitrogen and oxygen atoms in total. The predicted octanol–water partition coefficient (Wildman–Crippen LogP) is 5.42. The van der Waals surface area contributed by atoms with Crippen molar-refractivity contribution in [1.82, 2.24) is 9.97 Å². The van der Waals surface area contributed by atoms with Gasteiger partial charge in [-0.25, -0.2) is 9.97 Å². The van der Waals surface area contributed by atoms with Gasteiger partial charge in [-0.3, -0.25) is 0 Å². The molecule has 3 rings (SSSR count). The van der Waals surface area contributed by atoms with Crippen LogP contribution in [0.15, 0.2) is 54.7 Å². The van der Waals surface area contributed by atoms with Crippen molar-refractivity contribution in [3.05, 3.63) is 60.3 Å². The van der Waals surface area contributed by atoms with E-state index in [0.29, 0.717) is 0 Å². The third-order valence-corrected chi connectivity index (χ3v) is 4.02. The van der Waals surface area contributed by atoms with Crippen LogP contribution in [0.25, 0.3) is 22.3 Å². The fourth-order valence-electron chi connectivity index (χ4n) is 2.69. The maximum atomic E-state index is 4.65. The molecule has 0 aliphatic carbocycles. The molecule has 3 aromatic rings. The molecule has 0 fully saturated rings. The van der Waals surface area contributed by atoms with Gasteiger partial charge in [0, 0.05) is 17.1 Å². The highest BCUT2D eigenvalue weighted by Gasteiger charge is 2.03. The van der Waals surface area contributed by atoms with Gasteiger partial charge in [0.1, 0.15) is 0 Å². The Balaban J connectivity index is 1.73. The Bertz CT molecular complexity index is 732. The van der Waals surface area contributed by atoms with Gasteiger partial charge in [-0.2, -0.15) is 0 Å². The molecule has 0 radical (unpaired) electrons. The first-order chi connectivity index (χ1) is 10.9. The Labute approximate surface area is 132 Å². The predicted molar refractivity (Wildman–Crippen MR) is 92.8 cm³/mol. The van der Waals surface area contributed by atoms with Crippen LogP contribution in [0, 0.1) is 0 Å². The zero-order chi connectivity index (χ0) is 15.2. The summed E-state index contributed by atoms with van der Waals surface area (Å²) in [7, 11) is 0. The van der Waals surface area contributed by atoms with Crippen LogP contribution in [0.4, 0.5) is 0 Å².